The Kier molecular flexibility index (Phi) is 6.36. The van der Waals surface area contributed by atoms with Gasteiger partial charge in [0.25, 0.3) is 5.91 Å². The first-order valence-electron chi connectivity index (χ1n) is 8.11. The molecule has 3 heteroatoms. The Hall–Kier alpha value is -2.13. The lowest BCUT2D eigenvalue weighted by molar-refractivity contribution is 0.0928. The van der Waals surface area contributed by atoms with Crippen molar-refractivity contribution >= 4 is 5.91 Å². The number of nitrogens with one attached hydrogen (secondary N) is 1. The number of nitrogens with zero attached hydrogens (tertiary/aromatic N) is 1. The van der Waals surface area contributed by atoms with Gasteiger partial charge < -0.3 is 10.2 Å². The predicted molar refractivity (Wildman–Crippen MR) is 95.8 cm³/mol. The molecule has 0 aliphatic heterocycles. The first kappa shape index (κ1) is 17.2. The van der Waals surface area contributed by atoms with Crippen molar-refractivity contribution in [2.24, 2.45) is 0 Å². The van der Waals surface area contributed by atoms with E-state index in [1.807, 2.05) is 51.4 Å². The van der Waals surface area contributed by atoms with Gasteiger partial charge >= 0.3 is 0 Å². The van der Waals surface area contributed by atoms with Crippen LogP contribution in [0.4, 0.5) is 0 Å². The Morgan fingerprint density at radius 3 is 2.48 bits per heavy atom. The van der Waals surface area contributed by atoms with E-state index in [1.54, 1.807) is 0 Å². The molecular formula is C20H26N2O. The summed E-state index contributed by atoms with van der Waals surface area (Å²) < 4.78 is 0. The molecule has 0 aromatic heterocycles. The molecule has 0 unspecified atom stereocenters. The van der Waals surface area contributed by atoms with Crippen LogP contribution in [0.25, 0.3) is 0 Å². The van der Waals surface area contributed by atoms with Crippen molar-refractivity contribution in [1.29, 1.82) is 0 Å². The van der Waals surface area contributed by atoms with E-state index in [-0.39, 0.29) is 11.9 Å². The van der Waals surface area contributed by atoms with Gasteiger partial charge in [0, 0.05) is 18.2 Å². The van der Waals surface area contributed by atoms with Crippen LogP contribution in [-0.4, -0.2) is 37.5 Å². The number of hydrogen-bond acceptors (Lipinski definition) is 2. The van der Waals surface area contributed by atoms with E-state index >= 15 is 0 Å². The van der Waals surface area contributed by atoms with Crippen molar-refractivity contribution in [2.45, 2.75) is 25.8 Å². The maximum Gasteiger partial charge on any atom is 0.251 e. The minimum Gasteiger partial charge on any atom is -0.348 e. The van der Waals surface area contributed by atoms with E-state index in [4.69, 9.17) is 0 Å². The predicted octanol–water partition coefficient (Wildman–Crippen LogP) is 3.29. The molecule has 0 saturated carbocycles. The van der Waals surface area contributed by atoms with Gasteiger partial charge in [-0.2, -0.15) is 0 Å². The fourth-order valence-electron chi connectivity index (χ4n) is 2.69. The number of rotatable bonds is 7. The first-order valence-corrected chi connectivity index (χ1v) is 8.11. The zero-order valence-electron chi connectivity index (χ0n) is 14.3. The number of hydrogen-bond donors (Lipinski definition) is 1. The third-order valence-electron chi connectivity index (χ3n) is 3.83. The third-order valence-corrected chi connectivity index (χ3v) is 3.83. The van der Waals surface area contributed by atoms with Gasteiger partial charge in [-0.1, -0.05) is 48.0 Å². The Morgan fingerprint density at radius 2 is 1.83 bits per heavy atom. The van der Waals surface area contributed by atoms with Gasteiger partial charge in [-0.3, -0.25) is 4.79 Å². The number of carbonyl (C=O) groups is 1. The van der Waals surface area contributed by atoms with Gasteiger partial charge in [0.15, 0.2) is 0 Å². The summed E-state index contributed by atoms with van der Waals surface area (Å²) in [5.74, 6) is 0.00797. The highest BCUT2D eigenvalue weighted by molar-refractivity contribution is 5.94. The Bertz CT molecular complexity index is 623. The van der Waals surface area contributed by atoms with Crippen LogP contribution in [0.2, 0.25) is 0 Å². The highest BCUT2D eigenvalue weighted by atomic mass is 16.1. The molecule has 3 nitrogen and oxygen atoms in total. The standard InChI is InChI=1S/C20H26N2O/c1-16-8-7-11-18(14-16)20(23)21-19(15-22(2)3)13-12-17-9-5-4-6-10-17/h4-11,14,19H,12-13,15H2,1-3H3,(H,21,23)/t19-/m1/s1. The molecule has 0 saturated heterocycles. The fraction of sp³-hybridized carbons (Fsp3) is 0.350. The topological polar surface area (TPSA) is 32.3 Å². The summed E-state index contributed by atoms with van der Waals surface area (Å²) in [5, 5.41) is 3.18. The van der Waals surface area contributed by atoms with Crippen LogP contribution >= 0.6 is 0 Å². The van der Waals surface area contributed by atoms with Crippen molar-refractivity contribution < 1.29 is 4.79 Å². The van der Waals surface area contributed by atoms with Crippen molar-refractivity contribution in [2.75, 3.05) is 20.6 Å². The monoisotopic (exact) mass is 310 g/mol. The minimum absolute atomic E-state index is 0.00797. The molecule has 0 aliphatic rings. The lowest BCUT2D eigenvalue weighted by Crippen LogP contribution is -2.42. The molecule has 2 aromatic carbocycles. The van der Waals surface area contributed by atoms with E-state index in [1.165, 1.54) is 5.56 Å². The summed E-state index contributed by atoms with van der Waals surface area (Å²) >= 11 is 0. The molecule has 0 heterocycles. The number of aryl methyl sites for hydroxylation is 2. The van der Waals surface area contributed by atoms with Gasteiger partial charge in [-0.25, -0.2) is 0 Å². The lowest BCUT2D eigenvalue weighted by Gasteiger charge is -2.22. The van der Waals surface area contributed by atoms with E-state index in [0.29, 0.717) is 0 Å². The molecule has 1 N–H and O–H groups in total. The second kappa shape index (κ2) is 8.49. The largest absolute Gasteiger partial charge is 0.348 e. The molecule has 2 aromatic rings. The smallest absolute Gasteiger partial charge is 0.251 e. The zero-order valence-corrected chi connectivity index (χ0v) is 14.3. The van der Waals surface area contributed by atoms with Crippen LogP contribution in [0.15, 0.2) is 54.6 Å². The highest BCUT2D eigenvalue weighted by Gasteiger charge is 2.15. The molecule has 2 rings (SSSR count). The second-order valence-electron chi connectivity index (χ2n) is 6.33. The molecule has 0 spiro atoms. The maximum atomic E-state index is 12.5. The molecule has 0 bridgehead atoms. The average Bonchev–Trinajstić information content (AvgIpc) is 2.53. The molecule has 122 valence electrons. The molecule has 23 heavy (non-hydrogen) atoms. The van der Waals surface area contributed by atoms with E-state index < -0.39 is 0 Å². The van der Waals surface area contributed by atoms with Crippen LogP contribution in [-0.2, 0) is 6.42 Å². The van der Waals surface area contributed by atoms with Crippen LogP contribution in [0.1, 0.15) is 27.9 Å². The van der Waals surface area contributed by atoms with Gasteiger partial charge in [-0.05, 0) is 51.6 Å². The minimum atomic E-state index is 0.00797. The number of amides is 1. The highest BCUT2D eigenvalue weighted by Crippen LogP contribution is 2.08. The van der Waals surface area contributed by atoms with Crippen LogP contribution in [0.3, 0.4) is 0 Å². The SMILES string of the molecule is Cc1cccc(C(=O)N[C@H](CCc2ccccc2)CN(C)C)c1. The van der Waals surface area contributed by atoms with Gasteiger partial charge in [0.2, 0.25) is 0 Å². The maximum absolute atomic E-state index is 12.5. The Balaban J connectivity index is 1.98. The van der Waals surface area contributed by atoms with Crippen molar-refractivity contribution in [1.82, 2.24) is 10.2 Å². The van der Waals surface area contributed by atoms with E-state index in [9.17, 15) is 4.79 Å². The summed E-state index contributed by atoms with van der Waals surface area (Å²) in [6.07, 6.45) is 1.90. The van der Waals surface area contributed by atoms with Crippen molar-refractivity contribution in [3.05, 3.63) is 71.3 Å². The van der Waals surface area contributed by atoms with Crippen molar-refractivity contribution in [3.63, 3.8) is 0 Å². The molecular weight excluding hydrogens is 284 g/mol. The number of benzene rings is 2. The molecule has 0 radical (unpaired) electrons. The van der Waals surface area contributed by atoms with Crippen LogP contribution < -0.4 is 5.32 Å². The summed E-state index contributed by atoms with van der Waals surface area (Å²) in [7, 11) is 4.07. The van der Waals surface area contributed by atoms with Crippen LogP contribution in [0.5, 0.6) is 0 Å². The van der Waals surface area contributed by atoms with Crippen molar-refractivity contribution in [3.8, 4) is 0 Å². The fourth-order valence-corrected chi connectivity index (χ4v) is 2.69. The summed E-state index contributed by atoms with van der Waals surface area (Å²) in [4.78, 5) is 14.6. The molecule has 0 fully saturated rings. The van der Waals surface area contributed by atoms with Gasteiger partial charge in [0.1, 0.15) is 0 Å². The quantitative estimate of drug-likeness (QED) is 0.851. The van der Waals surface area contributed by atoms with E-state index in [2.05, 4.69) is 34.5 Å². The average molecular weight is 310 g/mol. The van der Waals surface area contributed by atoms with Gasteiger partial charge in [-0.15, -0.1) is 0 Å². The van der Waals surface area contributed by atoms with Gasteiger partial charge in [0.05, 0.1) is 0 Å². The molecule has 1 amide bonds. The number of carbonyl (C=O) groups excluding carboxylic acids is 1. The molecule has 0 aliphatic carbocycles. The second-order valence-corrected chi connectivity index (χ2v) is 6.33. The summed E-state index contributed by atoms with van der Waals surface area (Å²) in [5.41, 5.74) is 3.14. The first-order chi connectivity index (χ1) is 11.0. The normalized spacial score (nSPS) is 12.2. The zero-order chi connectivity index (χ0) is 16.7. The van der Waals surface area contributed by atoms with Crippen LogP contribution in [0, 0.1) is 6.92 Å². The Morgan fingerprint density at radius 1 is 1.09 bits per heavy atom. The number of likely N-dealkylation sites (N-methyl/N-ethyl adjacent to an activating group) is 1. The summed E-state index contributed by atoms with van der Waals surface area (Å²) in [6.45, 7) is 2.84. The van der Waals surface area contributed by atoms with E-state index in [0.717, 1.165) is 30.5 Å². The Labute approximate surface area is 139 Å². The summed E-state index contributed by atoms with van der Waals surface area (Å²) in [6, 6.07) is 18.3. The lowest BCUT2D eigenvalue weighted by atomic mass is 10.0. The molecule has 1 atom stereocenters. The third kappa shape index (κ3) is 5.87.